The lowest BCUT2D eigenvalue weighted by Crippen LogP contribution is -2.30. The summed E-state index contributed by atoms with van der Waals surface area (Å²) in [6.07, 6.45) is 6.36. The molecule has 4 rings (SSSR count). The fourth-order valence-electron chi connectivity index (χ4n) is 3.97. The third kappa shape index (κ3) is 5.38. The Labute approximate surface area is 192 Å². The Morgan fingerprint density at radius 2 is 1.97 bits per heavy atom. The van der Waals surface area contributed by atoms with Gasteiger partial charge in [0.25, 0.3) is 5.56 Å². The van der Waals surface area contributed by atoms with Gasteiger partial charge >= 0.3 is 0 Å². The lowest BCUT2D eigenvalue weighted by Gasteiger charge is -2.27. The molecule has 0 aromatic carbocycles. The smallest absolute Gasteiger partial charge is 0.262 e. The molecule has 0 aliphatic heterocycles. The van der Waals surface area contributed by atoms with Crippen LogP contribution in [0.25, 0.3) is 10.8 Å². The van der Waals surface area contributed by atoms with E-state index in [0.717, 1.165) is 37.6 Å². The quantitative estimate of drug-likeness (QED) is 0.501. The highest BCUT2D eigenvalue weighted by molar-refractivity contribution is 6.30. The lowest BCUT2D eigenvalue weighted by atomic mass is 9.93. The molecule has 0 unspecified atom stereocenters. The lowest BCUT2D eigenvalue weighted by molar-refractivity contribution is 0.126. The second-order valence-corrected chi connectivity index (χ2v) is 9.01. The Hall–Kier alpha value is -2.68. The summed E-state index contributed by atoms with van der Waals surface area (Å²) in [5.74, 6) is 1.71. The van der Waals surface area contributed by atoms with Crippen molar-refractivity contribution in [3.63, 3.8) is 0 Å². The molecule has 32 heavy (non-hydrogen) atoms. The van der Waals surface area contributed by atoms with Gasteiger partial charge in [-0.15, -0.1) is 0 Å². The van der Waals surface area contributed by atoms with Crippen LogP contribution in [-0.4, -0.2) is 57.3 Å². The van der Waals surface area contributed by atoms with Crippen molar-refractivity contribution in [3.05, 3.63) is 52.0 Å². The minimum Gasteiger partial charge on any atom is -0.393 e. The largest absolute Gasteiger partial charge is 0.393 e. The zero-order valence-corrected chi connectivity index (χ0v) is 19.1. The molecule has 0 amide bonds. The van der Waals surface area contributed by atoms with Crippen LogP contribution >= 0.6 is 11.6 Å². The molecule has 3 aromatic rings. The molecule has 1 fully saturated rings. The fourth-order valence-corrected chi connectivity index (χ4v) is 4.13. The number of hydrogen-bond acceptors (Lipinski definition) is 7. The van der Waals surface area contributed by atoms with Crippen LogP contribution in [-0.2, 0) is 6.54 Å². The van der Waals surface area contributed by atoms with Gasteiger partial charge in [-0.25, -0.2) is 9.97 Å². The second-order valence-electron chi connectivity index (χ2n) is 8.57. The molecule has 0 bridgehead atoms. The van der Waals surface area contributed by atoms with E-state index < -0.39 is 0 Å². The maximum Gasteiger partial charge on any atom is 0.262 e. The van der Waals surface area contributed by atoms with E-state index in [4.69, 9.17) is 16.6 Å². The highest BCUT2D eigenvalue weighted by Crippen LogP contribution is 2.28. The van der Waals surface area contributed by atoms with Gasteiger partial charge in [0, 0.05) is 36.5 Å². The highest BCUT2D eigenvalue weighted by atomic mass is 35.5. The number of fused-ring (bicyclic) bond motifs is 1. The number of halogens is 1. The van der Waals surface area contributed by atoms with Crippen molar-refractivity contribution in [2.45, 2.75) is 44.4 Å². The number of hydrogen-bond donors (Lipinski definition) is 3. The minimum atomic E-state index is -0.247. The molecule has 9 heteroatoms. The first-order chi connectivity index (χ1) is 15.4. The zero-order chi connectivity index (χ0) is 22.7. The Bertz CT molecular complexity index is 1140. The molecule has 3 aromatic heterocycles. The molecular formula is C23H29ClN6O2. The van der Waals surface area contributed by atoms with Crippen LogP contribution in [0.3, 0.4) is 0 Å². The van der Waals surface area contributed by atoms with Gasteiger partial charge < -0.3 is 25.2 Å². The molecular weight excluding hydrogens is 428 g/mol. The summed E-state index contributed by atoms with van der Waals surface area (Å²) >= 11 is 6.09. The van der Waals surface area contributed by atoms with Crippen molar-refractivity contribution in [3.8, 4) is 0 Å². The number of aliphatic hydroxyl groups is 1. The molecule has 0 saturated heterocycles. The zero-order valence-electron chi connectivity index (χ0n) is 18.4. The first-order valence-corrected chi connectivity index (χ1v) is 11.3. The van der Waals surface area contributed by atoms with Crippen LogP contribution in [0.2, 0.25) is 5.02 Å². The number of rotatable bonds is 7. The Kier molecular flexibility index (Phi) is 6.93. The minimum absolute atomic E-state index is 0.0670. The van der Waals surface area contributed by atoms with Gasteiger partial charge in [0.1, 0.15) is 17.5 Å². The van der Waals surface area contributed by atoms with Gasteiger partial charge in [0.2, 0.25) is 0 Å². The van der Waals surface area contributed by atoms with E-state index in [1.807, 2.05) is 37.3 Å². The number of aliphatic hydroxyl groups excluding tert-OH is 1. The van der Waals surface area contributed by atoms with Crippen molar-refractivity contribution in [2.75, 3.05) is 31.3 Å². The van der Waals surface area contributed by atoms with Crippen LogP contribution < -0.4 is 16.2 Å². The summed E-state index contributed by atoms with van der Waals surface area (Å²) in [5.41, 5.74) is -0.0670. The number of nitrogens with zero attached hydrogens (tertiary/aromatic N) is 4. The summed E-state index contributed by atoms with van der Waals surface area (Å²) < 4.78 is 1.73. The van der Waals surface area contributed by atoms with E-state index in [0.29, 0.717) is 34.4 Å². The topological polar surface area (TPSA) is 95.3 Å². The third-order valence-corrected chi connectivity index (χ3v) is 6.00. The average Bonchev–Trinajstić information content (AvgIpc) is 2.74. The summed E-state index contributed by atoms with van der Waals surface area (Å²) in [6, 6.07) is 7.39. The van der Waals surface area contributed by atoms with Crippen molar-refractivity contribution in [2.24, 2.45) is 0 Å². The van der Waals surface area contributed by atoms with Gasteiger partial charge in [-0.3, -0.25) is 4.79 Å². The van der Waals surface area contributed by atoms with Crippen molar-refractivity contribution >= 4 is 39.8 Å². The normalized spacial score (nSPS) is 18.8. The molecule has 1 saturated carbocycles. The molecule has 8 nitrogen and oxygen atoms in total. The molecule has 1 aliphatic carbocycles. The van der Waals surface area contributed by atoms with Crippen LogP contribution in [0.1, 0.15) is 25.7 Å². The summed E-state index contributed by atoms with van der Waals surface area (Å²) in [7, 11) is 3.97. The van der Waals surface area contributed by atoms with E-state index in [1.54, 1.807) is 22.9 Å². The monoisotopic (exact) mass is 456 g/mol. The average molecular weight is 457 g/mol. The molecule has 0 radical (unpaired) electrons. The maximum atomic E-state index is 13.3. The maximum absolute atomic E-state index is 13.3. The van der Waals surface area contributed by atoms with Crippen LogP contribution in [0.5, 0.6) is 0 Å². The summed E-state index contributed by atoms with van der Waals surface area (Å²) in [4.78, 5) is 24.4. The number of likely N-dealkylation sites (N-methyl/N-ethyl adjacent to an activating group) is 1. The fraction of sp³-hybridized carbons (Fsp3) is 0.435. The van der Waals surface area contributed by atoms with E-state index in [1.165, 1.54) is 0 Å². The first kappa shape index (κ1) is 22.5. The predicted molar refractivity (Wildman–Crippen MR) is 129 cm³/mol. The molecule has 0 spiro atoms. The van der Waals surface area contributed by atoms with Gasteiger partial charge in [0.05, 0.1) is 11.5 Å². The molecule has 0 atom stereocenters. The van der Waals surface area contributed by atoms with Crippen molar-refractivity contribution in [1.82, 2.24) is 19.4 Å². The third-order valence-electron chi connectivity index (χ3n) is 5.76. The van der Waals surface area contributed by atoms with Gasteiger partial charge in [-0.2, -0.15) is 0 Å². The highest BCUT2D eigenvalue weighted by Gasteiger charge is 2.21. The standard InChI is InChI=1S/C23H29ClN6O2/c1-29(2)11-12-30-10-8-15-13-20(27-19-14-16(24)7-9-25-19)28-22(21(15)23(30)32)26-17-3-5-18(31)6-4-17/h7-10,13-14,17-18,31H,3-6,11-12H2,1-2H3,(H2,25,26,27,28). The molecule has 3 N–H and O–H groups in total. The van der Waals surface area contributed by atoms with Crippen LogP contribution in [0.4, 0.5) is 17.5 Å². The van der Waals surface area contributed by atoms with Gasteiger partial charge in [-0.05, 0) is 69.4 Å². The number of anilines is 3. The number of nitrogens with one attached hydrogen (secondary N) is 2. The van der Waals surface area contributed by atoms with Crippen LogP contribution in [0.15, 0.2) is 41.5 Å². The second kappa shape index (κ2) is 9.85. The molecule has 170 valence electrons. The van der Waals surface area contributed by atoms with Gasteiger partial charge in [0.15, 0.2) is 0 Å². The van der Waals surface area contributed by atoms with Crippen molar-refractivity contribution in [1.29, 1.82) is 0 Å². The van der Waals surface area contributed by atoms with E-state index in [2.05, 4.69) is 15.6 Å². The van der Waals surface area contributed by atoms with E-state index >= 15 is 0 Å². The summed E-state index contributed by atoms with van der Waals surface area (Å²) in [5, 5.41) is 18.5. The van der Waals surface area contributed by atoms with Crippen molar-refractivity contribution < 1.29 is 5.11 Å². The first-order valence-electron chi connectivity index (χ1n) is 10.9. The number of aromatic nitrogens is 3. The van der Waals surface area contributed by atoms with E-state index in [9.17, 15) is 9.90 Å². The summed E-state index contributed by atoms with van der Waals surface area (Å²) in [6.45, 7) is 1.37. The SMILES string of the molecule is CN(C)CCn1ccc2cc(Nc3cc(Cl)ccn3)nc(NC3CCC(O)CC3)c2c1=O. The van der Waals surface area contributed by atoms with Crippen LogP contribution in [0, 0.1) is 0 Å². The molecule has 3 heterocycles. The predicted octanol–water partition coefficient (Wildman–Crippen LogP) is 3.47. The van der Waals surface area contributed by atoms with E-state index in [-0.39, 0.29) is 17.7 Å². The Morgan fingerprint density at radius 1 is 1.19 bits per heavy atom. The van der Waals surface area contributed by atoms with Gasteiger partial charge in [-0.1, -0.05) is 11.6 Å². The Balaban J connectivity index is 1.73. The Morgan fingerprint density at radius 3 is 2.69 bits per heavy atom. The molecule has 1 aliphatic rings. The number of pyridine rings is 3.